The Morgan fingerprint density at radius 3 is 2.31 bits per heavy atom. The summed E-state index contributed by atoms with van der Waals surface area (Å²) < 4.78 is 15.6. The molecule has 2 aliphatic heterocycles. The van der Waals surface area contributed by atoms with Crippen molar-refractivity contribution in [3.05, 3.63) is 35.0 Å². The van der Waals surface area contributed by atoms with Gasteiger partial charge in [0.15, 0.2) is 11.5 Å². The highest BCUT2D eigenvalue weighted by atomic mass is 35.5. The summed E-state index contributed by atoms with van der Waals surface area (Å²) in [5, 5.41) is -0.725. The van der Waals surface area contributed by atoms with Crippen molar-refractivity contribution in [2.24, 2.45) is 5.73 Å². The third kappa shape index (κ3) is 6.81. The Labute approximate surface area is 223 Å². The van der Waals surface area contributed by atoms with E-state index < -0.39 is 29.6 Å². The number of carbonyl (C=O) groups is 5. The fourth-order valence-electron chi connectivity index (χ4n) is 3.35. The van der Waals surface area contributed by atoms with E-state index in [1.54, 1.807) is 20.8 Å². The normalized spacial score (nSPS) is 18.9. The van der Waals surface area contributed by atoms with Crippen LogP contribution in [0.1, 0.15) is 45.0 Å². The van der Waals surface area contributed by atoms with Crippen molar-refractivity contribution in [2.75, 3.05) is 11.5 Å². The second-order valence-electron chi connectivity index (χ2n) is 8.81. The fourth-order valence-corrected chi connectivity index (χ4v) is 5.61. The minimum atomic E-state index is -0.773. The van der Waals surface area contributed by atoms with Crippen molar-refractivity contribution in [2.45, 2.75) is 51.6 Å². The Morgan fingerprint density at radius 1 is 1.11 bits per heavy atom. The summed E-state index contributed by atoms with van der Waals surface area (Å²) in [5.41, 5.74) is 6.02. The molecule has 2 atom stereocenters. The van der Waals surface area contributed by atoms with Crippen LogP contribution in [0.3, 0.4) is 0 Å². The van der Waals surface area contributed by atoms with Gasteiger partial charge in [-0.05, 0) is 44.5 Å². The Kier molecular flexibility index (Phi) is 9.63. The molecule has 1 fully saturated rings. The number of rotatable bonds is 6. The molecule has 0 radical (unpaired) electrons. The maximum Gasteiger partial charge on any atom is 0.355 e. The highest BCUT2D eigenvalue weighted by molar-refractivity contribution is 8.14. The van der Waals surface area contributed by atoms with E-state index in [4.69, 9.17) is 19.9 Å². The number of thioether (sulfide) groups is 2. The number of esters is 3. The van der Waals surface area contributed by atoms with E-state index in [1.165, 1.54) is 48.7 Å². The number of ether oxygens (including phenoxy) is 3. The number of amides is 1. The molecule has 13 heteroatoms. The number of β-lactam (4-membered cyclic amide) rings is 1. The zero-order chi connectivity index (χ0) is 26.1. The first-order valence-corrected chi connectivity index (χ1v) is 12.7. The molecule has 196 valence electrons. The van der Waals surface area contributed by atoms with E-state index in [-0.39, 0.29) is 57.3 Å². The van der Waals surface area contributed by atoms with Crippen LogP contribution in [0.2, 0.25) is 0 Å². The van der Waals surface area contributed by atoms with Crippen LogP contribution in [-0.4, -0.2) is 62.4 Å². The third-order valence-corrected chi connectivity index (χ3v) is 7.10. The van der Waals surface area contributed by atoms with Crippen molar-refractivity contribution < 1.29 is 38.2 Å². The Balaban J connectivity index is 0.00000456. The molecular formula is C23H27ClN2O8S2. The lowest BCUT2D eigenvalue weighted by Gasteiger charge is -2.48. The molecule has 2 heterocycles. The zero-order valence-corrected chi connectivity index (χ0v) is 22.8. The minimum absolute atomic E-state index is 0. The summed E-state index contributed by atoms with van der Waals surface area (Å²) in [5.74, 6) is -1.80. The van der Waals surface area contributed by atoms with Crippen LogP contribution in [0, 0.1) is 0 Å². The highest BCUT2D eigenvalue weighted by Crippen LogP contribution is 2.41. The molecule has 2 aliphatic rings. The van der Waals surface area contributed by atoms with Crippen molar-refractivity contribution in [1.82, 2.24) is 4.90 Å². The molecule has 0 unspecified atom stereocenters. The maximum atomic E-state index is 12.9. The van der Waals surface area contributed by atoms with Gasteiger partial charge in [0.2, 0.25) is 11.0 Å². The van der Waals surface area contributed by atoms with E-state index in [0.29, 0.717) is 11.3 Å². The lowest BCUT2D eigenvalue weighted by molar-refractivity contribution is -0.158. The second-order valence-corrected chi connectivity index (χ2v) is 10.9. The van der Waals surface area contributed by atoms with Gasteiger partial charge in [0.05, 0.1) is 0 Å². The van der Waals surface area contributed by atoms with E-state index in [1.807, 2.05) is 0 Å². The number of benzene rings is 1. The van der Waals surface area contributed by atoms with Crippen molar-refractivity contribution in [3.8, 4) is 11.5 Å². The van der Waals surface area contributed by atoms with E-state index in [9.17, 15) is 24.0 Å². The largest absolute Gasteiger partial charge is 0.455 e. The summed E-state index contributed by atoms with van der Waals surface area (Å²) >= 11 is 2.34. The summed E-state index contributed by atoms with van der Waals surface area (Å²) in [6, 6.07) is 3.42. The summed E-state index contributed by atoms with van der Waals surface area (Å²) in [4.78, 5) is 62.3. The monoisotopic (exact) mass is 558 g/mol. The molecule has 3 rings (SSSR count). The lowest BCUT2D eigenvalue weighted by atomic mass is 10.0. The first-order valence-electron chi connectivity index (χ1n) is 10.6. The summed E-state index contributed by atoms with van der Waals surface area (Å²) in [7, 11) is 0. The number of carbonyl (C=O) groups excluding carboxylic acids is 5. The molecule has 0 aromatic heterocycles. The minimum Gasteiger partial charge on any atom is -0.455 e. The van der Waals surface area contributed by atoms with Crippen LogP contribution in [-0.2, 0) is 23.9 Å². The molecule has 1 aromatic carbocycles. The maximum absolute atomic E-state index is 12.9. The van der Waals surface area contributed by atoms with Gasteiger partial charge in [0, 0.05) is 30.9 Å². The van der Waals surface area contributed by atoms with Gasteiger partial charge in [0.25, 0.3) is 0 Å². The number of hydrogen-bond donors (Lipinski definition) is 1. The average molecular weight is 559 g/mol. The third-order valence-electron chi connectivity index (χ3n) is 4.74. The molecule has 10 nitrogen and oxygen atoms in total. The Morgan fingerprint density at radius 2 is 1.72 bits per heavy atom. The smallest absolute Gasteiger partial charge is 0.355 e. The predicted octanol–water partition coefficient (Wildman–Crippen LogP) is 2.67. The molecule has 0 spiro atoms. The van der Waals surface area contributed by atoms with E-state index in [2.05, 4.69) is 0 Å². The van der Waals surface area contributed by atoms with Crippen molar-refractivity contribution >= 4 is 64.9 Å². The number of halogens is 1. The predicted molar refractivity (Wildman–Crippen MR) is 137 cm³/mol. The average Bonchev–Trinajstić information content (AvgIpc) is 2.75. The van der Waals surface area contributed by atoms with Crippen LogP contribution in [0.5, 0.6) is 11.5 Å². The van der Waals surface area contributed by atoms with Crippen LogP contribution in [0.4, 0.5) is 0 Å². The van der Waals surface area contributed by atoms with Gasteiger partial charge in [-0.2, -0.15) is 0 Å². The SMILES string of the molecule is CC(=O)Oc1ccc(C(=O)SCC2=C(C(=O)OC(C)(C)C)N3C(=O)[C@H](N)[C@@H]3SC2)cc1OC(C)=O.Cl. The zero-order valence-electron chi connectivity index (χ0n) is 20.3. The van der Waals surface area contributed by atoms with Gasteiger partial charge >= 0.3 is 17.9 Å². The molecule has 1 aromatic rings. The van der Waals surface area contributed by atoms with Crippen molar-refractivity contribution in [3.63, 3.8) is 0 Å². The van der Waals surface area contributed by atoms with Gasteiger partial charge in [0.1, 0.15) is 22.7 Å². The van der Waals surface area contributed by atoms with E-state index in [0.717, 1.165) is 11.8 Å². The Hall–Kier alpha value is -2.54. The Bertz CT molecular complexity index is 1130. The van der Waals surface area contributed by atoms with Gasteiger partial charge in [-0.3, -0.25) is 24.1 Å². The number of hydrogen-bond acceptors (Lipinski definition) is 11. The summed E-state index contributed by atoms with van der Waals surface area (Å²) in [6.07, 6.45) is 0. The molecule has 0 bridgehead atoms. The van der Waals surface area contributed by atoms with Crippen LogP contribution >= 0.6 is 35.9 Å². The fraction of sp³-hybridized carbons (Fsp3) is 0.435. The summed E-state index contributed by atoms with van der Waals surface area (Å²) in [6.45, 7) is 7.56. The topological polar surface area (TPSA) is 142 Å². The first kappa shape index (κ1) is 29.7. The molecule has 0 saturated carbocycles. The van der Waals surface area contributed by atoms with Gasteiger partial charge in [-0.1, -0.05) is 11.8 Å². The van der Waals surface area contributed by atoms with Gasteiger partial charge < -0.3 is 19.9 Å². The molecule has 36 heavy (non-hydrogen) atoms. The molecule has 0 aliphatic carbocycles. The standard InChI is InChI=1S/C23H26N2O8S2.ClH/c1-11(26)31-15-7-6-13(8-16(15)32-12(2)27)22(30)35-10-14-9-34-20-17(24)19(28)25(20)18(14)21(29)33-23(3,4)5;/h6-8,17,20H,9-10,24H2,1-5H3;1H/t17-,20-;/m0./s1. The van der Waals surface area contributed by atoms with Crippen molar-refractivity contribution in [1.29, 1.82) is 0 Å². The highest BCUT2D eigenvalue weighted by Gasteiger charge is 2.52. The van der Waals surface area contributed by atoms with Gasteiger partial charge in [-0.25, -0.2) is 4.79 Å². The van der Waals surface area contributed by atoms with Gasteiger partial charge in [-0.15, -0.1) is 24.2 Å². The molecular weight excluding hydrogens is 532 g/mol. The second kappa shape index (κ2) is 11.7. The molecule has 2 N–H and O–H groups in total. The molecule has 1 amide bonds. The first-order chi connectivity index (χ1) is 16.3. The number of nitrogens with zero attached hydrogens (tertiary/aromatic N) is 1. The van der Waals surface area contributed by atoms with E-state index >= 15 is 0 Å². The van der Waals surface area contributed by atoms with Crippen LogP contribution in [0.15, 0.2) is 29.5 Å². The van der Waals surface area contributed by atoms with Crippen LogP contribution in [0.25, 0.3) is 0 Å². The lowest BCUT2D eigenvalue weighted by Crippen LogP contribution is -2.68. The number of fused-ring (bicyclic) bond motifs is 1. The quantitative estimate of drug-likeness (QED) is 0.312. The van der Waals surface area contributed by atoms with Crippen LogP contribution < -0.4 is 15.2 Å². The molecule has 1 saturated heterocycles. The number of nitrogens with two attached hydrogens (primary N) is 1.